The van der Waals surface area contributed by atoms with Gasteiger partial charge in [0, 0.05) is 42.8 Å². The van der Waals surface area contributed by atoms with Gasteiger partial charge in [0.2, 0.25) is 5.95 Å². The Balaban J connectivity index is 1.25. The average molecular weight is 441 g/mol. The highest BCUT2D eigenvalue weighted by molar-refractivity contribution is 5.63. The number of aromatic nitrogens is 2. The number of piperidine rings is 1. The number of para-hydroxylation sites is 1. The predicted octanol–water partition coefficient (Wildman–Crippen LogP) is 4.52. The maximum absolute atomic E-state index is 12.7. The Morgan fingerprint density at radius 3 is 2.61 bits per heavy atom. The van der Waals surface area contributed by atoms with Gasteiger partial charge >= 0.3 is 0 Å². The molecule has 0 amide bonds. The van der Waals surface area contributed by atoms with Crippen molar-refractivity contribution in [2.45, 2.75) is 57.4 Å². The minimum absolute atomic E-state index is 0.0746. The van der Waals surface area contributed by atoms with Crippen molar-refractivity contribution in [3.05, 3.63) is 86.8 Å². The van der Waals surface area contributed by atoms with Crippen molar-refractivity contribution >= 4 is 11.6 Å². The first-order chi connectivity index (χ1) is 16.1. The van der Waals surface area contributed by atoms with E-state index in [1.165, 1.54) is 22.4 Å². The molecule has 1 fully saturated rings. The maximum Gasteiger partial charge on any atom is 0.255 e. The summed E-state index contributed by atoms with van der Waals surface area (Å²) in [5.74, 6) is 0.776. The number of nitrogens with zero attached hydrogens (tertiary/aromatic N) is 3. The maximum atomic E-state index is 12.7. The van der Waals surface area contributed by atoms with Crippen LogP contribution in [0, 0.1) is 6.92 Å². The number of nitrogens with one attached hydrogen (secondary N) is 1. The van der Waals surface area contributed by atoms with Gasteiger partial charge in [0.25, 0.3) is 5.56 Å². The number of anilines is 2. The molecule has 0 saturated carbocycles. The van der Waals surface area contributed by atoms with Gasteiger partial charge in [-0.1, -0.05) is 42.5 Å². The Kier molecular flexibility index (Phi) is 5.01. The van der Waals surface area contributed by atoms with Crippen molar-refractivity contribution in [1.82, 2.24) is 9.97 Å². The van der Waals surface area contributed by atoms with E-state index in [1.807, 2.05) is 0 Å². The van der Waals surface area contributed by atoms with Crippen LogP contribution in [-0.2, 0) is 24.8 Å². The van der Waals surface area contributed by atoms with Gasteiger partial charge in [-0.3, -0.25) is 9.78 Å². The molecule has 1 aromatic heterocycles. The van der Waals surface area contributed by atoms with Crippen LogP contribution < -0.4 is 15.4 Å². The molecule has 0 unspecified atom stereocenters. The van der Waals surface area contributed by atoms with Gasteiger partial charge in [-0.2, -0.15) is 0 Å². The lowest BCUT2D eigenvalue weighted by Gasteiger charge is -2.40. The standard InChI is InChI=1S/C28H32N4O/c1-20-8-2-3-9-21(20)18-32-19-28(23-11-5-7-13-25(23)32)14-16-31(17-15-28)27-29-24-12-6-4-10-22(24)26(33)30-27/h2-3,5,7-9,11,13H,4,6,10,12,14-19H2,1H3,(H,29,30,33). The van der Waals surface area contributed by atoms with Gasteiger partial charge < -0.3 is 9.80 Å². The highest BCUT2D eigenvalue weighted by Crippen LogP contribution is 2.47. The van der Waals surface area contributed by atoms with Crippen molar-refractivity contribution in [3.63, 3.8) is 0 Å². The molecule has 1 N–H and O–H groups in total. The van der Waals surface area contributed by atoms with Gasteiger partial charge in [-0.15, -0.1) is 0 Å². The number of aromatic amines is 1. The Morgan fingerprint density at radius 2 is 1.76 bits per heavy atom. The minimum atomic E-state index is 0.0746. The monoisotopic (exact) mass is 440 g/mol. The zero-order valence-electron chi connectivity index (χ0n) is 19.4. The van der Waals surface area contributed by atoms with Crippen LogP contribution in [0.4, 0.5) is 11.6 Å². The molecule has 0 atom stereocenters. The molecule has 2 aromatic carbocycles. The summed E-state index contributed by atoms with van der Waals surface area (Å²) < 4.78 is 0. The highest BCUT2D eigenvalue weighted by atomic mass is 16.1. The van der Waals surface area contributed by atoms with E-state index in [0.29, 0.717) is 0 Å². The minimum Gasteiger partial charge on any atom is -0.366 e. The van der Waals surface area contributed by atoms with Gasteiger partial charge in [0.05, 0.1) is 5.69 Å². The summed E-state index contributed by atoms with van der Waals surface area (Å²) in [7, 11) is 0. The zero-order valence-corrected chi connectivity index (χ0v) is 19.4. The third-order valence-corrected chi connectivity index (χ3v) is 8.13. The molecular weight excluding hydrogens is 408 g/mol. The van der Waals surface area contributed by atoms with Gasteiger partial charge in [-0.05, 0) is 68.2 Å². The van der Waals surface area contributed by atoms with E-state index in [2.05, 4.69) is 70.2 Å². The van der Waals surface area contributed by atoms with Crippen LogP contribution in [0.15, 0.2) is 53.3 Å². The molecule has 3 heterocycles. The van der Waals surface area contributed by atoms with E-state index in [4.69, 9.17) is 4.98 Å². The van der Waals surface area contributed by atoms with Gasteiger partial charge in [0.1, 0.15) is 0 Å². The molecule has 1 spiro atoms. The number of hydrogen-bond donors (Lipinski definition) is 1. The molecule has 5 heteroatoms. The first-order valence-corrected chi connectivity index (χ1v) is 12.4. The molecule has 170 valence electrons. The third kappa shape index (κ3) is 3.54. The summed E-state index contributed by atoms with van der Waals surface area (Å²) in [6.07, 6.45) is 6.20. The van der Waals surface area contributed by atoms with E-state index in [1.54, 1.807) is 0 Å². The number of aryl methyl sites for hydroxylation is 2. The lowest BCUT2D eigenvalue weighted by molar-refractivity contribution is 0.347. The molecule has 5 nitrogen and oxygen atoms in total. The first-order valence-electron chi connectivity index (χ1n) is 12.4. The highest BCUT2D eigenvalue weighted by Gasteiger charge is 2.44. The van der Waals surface area contributed by atoms with Crippen molar-refractivity contribution < 1.29 is 0 Å². The number of hydrogen-bond acceptors (Lipinski definition) is 4. The molecule has 0 bridgehead atoms. The summed E-state index contributed by atoms with van der Waals surface area (Å²) in [6, 6.07) is 17.7. The van der Waals surface area contributed by atoms with E-state index < -0.39 is 0 Å². The predicted molar refractivity (Wildman–Crippen MR) is 133 cm³/mol. The van der Waals surface area contributed by atoms with Crippen molar-refractivity contribution in [1.29, 1.82) is 0 Å². The second-order valence-electron chi connectivity index (χ2n) is 10.1. The van der Waals surface area contributed by atoms with Crippen LogP contribution in [-0.4, -0.2) is 29.6 Å². The van der Waals surface area contributed by atoms with Crippen molar-refractivity contribution in [2.75, 3.05) is 29.4 Å². The van der Waals surface area contributed by atoms with Crippen molar-refractivity contribution in [2.24, 2.45) is 0 Å². The first kappa shape index (κ1) is 20.5. The van der Waals surface area contributed by atoms with E-state index in [9.17, 15) is 4.79 Å². The van der Waals surface area contributed by atoms with E-state index in [0.717, 1.165) is 81.9 Å². The quantitative estimate of drug-likeness (QED) is 0.651. The van der Waals surface area contributed by atoms with Crippen molar-refractivity contribution in [3.8, 4) is 0 Å². The lowest BCUT2D eigenvalue weighted by Crippen LogP contribution is -2.46. The number of benzene rings is 2. The van der Waals surface area contributed by atoms with Crippen LogP contribution >= 0.6 is 0 Å². The molecule has 1 aliphatic carbocycles. The average Bonchev–Trinajstić information content (AvgIpc) is 3.14. The lowest BCUT2D eigenvalue weighted by atomic mass is 9.74. The Morgan fingerprint density at radius 1 is 1.00 bits per heavy atom. The molecule has 1 saturated heterocycles. The third-order valence-electron chi connectivity index (χ3n) is 8.13. The largest absolute Gasteiger partial charge is 0.366 e. The Bertz CT molecular complexity index is 1240. The number of fused-ring (bicyclic) bond motifs is 3. The fourth-order valence-electron chi connectivity index (χ4n) is 6.18. The van der Waals surface area contributed by atoms with Crippen LogP contribution in [0.1, 0.15) is 53.6 Å². The second-order valence-corrected chi connectivity index (χ2v) is 10.1. The molecule has 0 radical (unpaired) electrons. The summed E-state index contributed by atoms with van der Waals surface area (Å²) >= 11 is 0. The second kappa shape index (κ2) is 8.05. The summed E-state index contributed by atoms with van der Waals surface area (Å²) in [5, 5.41) is 0. The smallest absolute Gasteiger partial charge is 0.255 e. The summed E-state index contributed by atoms with van der Waals surface area (Å²) in [5.41, 5.74) is 7.81. The van der Waals surface area contributed by atoms with Gasteiger partial charge in [-0.25, -0.2) is 4.98 Å². The molecule has 3 aromatic rings. The van der Waals surface area contributed by atoms with Gasteiger partial charge in [0.15, 0.2) is 0 Å². The molecular formula is C28H32N4O. The SMILES string of the molecule is Cc1ccccc1CN1CC2(CCN(c3nc4c(c(=O)[nH]3)CCCC4)CC2)c2ccccc21. The normalized spacial score (nSPS) is 18.9. The Labute approximate surface area is 195 Å². The van der Waals surface area contributed by atoms with Crippen LogP contribution in [0.2, 0.25) is 0 Å². The molecule has 3 aliphatic rings. The molecule has 33 heavy (non-hydrogen) atoms. The Hall–Kier alpha value is -3.08. The number of rotatable bonds is 3. The van der Waals surface area contributed by atoms with E-state index in [-0.39, 0.29) is 11.0 Å². The van der Waals surface area contributed by atoms with E-state index >= 15 is 0 Å². The summed E-state index contributed by atoms with van der Waals surface area (Å²) in [6.45, 7) is 6.07. The fraction of sp³-hybridized carbons (Fsp3) is 0.429. The fourth-order valence-corrected chi connectivity index (χ4v) is 6.18. The van der Waals surface area contributed by atoms with Crippen LogP contribution in [0.25, 0.3) is 0 Å². The topological polar surface area (TPSA) is 52.2 Å². The molecule has 2 aliphatic heterocycles. The summed E-state index contributed by atoms with van der Waals surface area (Å²) in [4.78, 5) is 25.5. The van der Waals surface area contributed by atoms with Crippen LogP contribution in [0.3, 0.4) is 0 Å². The van der Waals surface area contributed by atoms with Crippen LogP contribution in [0.5, 0.6) is 0 Å². The molecule has 6 rings (SSSR count). The number of H-pyrrole nitrogens is 1. The zero-order chi connectivity index (χ0) is 22.4.